The van der Waals surface area contributed by atoms with E-state index in [1.165, 1.54) is 19.2 Å². The number of hydrogen-bond donors (Lipinski definition) is 3. The minimum atomic E-state index is -2.84. The number of carboxylic acid groups (broad SMARTS) is 1. The smallest absolute Gasteiger partial charge is 0.336 e. The van der Waals surface area contributed by atoms with Crippen molar-refractivity contribution in [3.63, 3.8) is 0 Å². The summed E-state index contributed by atoms with van der Waals surface area (Å²) in [5.41, 5.74) is 5.84. The maximum absolute atomic E-state index is 13.8. The normalized spacial score (nSPS) is 15.4. The van der Waals surface area contributed by atoms with Crippen molar-refractivity contribution in [1.82, 2.24) is 20.1 Å². The Morgan fingerprint density at radius 1 is 1.52 bits per heavy atom. The number of rotatable bonds is 7. The highest BCUT2D eigenvalue weighted by Crippen LogP contribution is 2.37. The second-order valence-corrected chi connectivity index (χ2v) is 6.43. The molecule has 160 valence electrons. The number of nitrogens with zero attached hydrogens (tertiary/aromatic N) is 4. The summed E-state index contributed by atoms with van der Waals surface area (Å²) in [6.07, 6.45) is 0.217. The third kappa shape index (κ3) is 4.31. The summed E-state index contributed by atoms with van der Waals surface area (Å²) >= 11 is 0. The molecule has 0 aliphatic rings. The van der Waals surface area contributed by atoms with Crippen molar-refractivity contribution in [2.24, 2.45) is 6.98 Å². The van der Waals surface area contributed by atoms with Crippen LogP contribution in [-0.2, 0) is 13.5 Å². The van der Waals surface area contributed by atoms with Crippen molar-refractivity contribution in [3.05, 3.63) is 64.5 Å². The molecule has 3 rings (SSSR count). The van der Waals surface area contributed by atoms with Gasteiger partial charge in [0.15, 0.2) is 11.6 Å². The molecule has 0 saturated carbocycles. The summed E-state index contributed by atoms with van der Waals surface area (Å²) < 4.78 is 65.4. The van der Waals surface area contributed by atoms with Crippen LogP contribution >= 0.6 is 0 Å². The molecular weight excluding hydrogens is 403 g/mol. The Labute approximate surface area is 186 Å². The molecule has 2 heterocycles. The van der Waals surface area contributed by atoms with Gasteiger partial charge in [0.25, 0.3) is 5.82 Å². The standard InChI is InChI=1S/C21H21FN6O3/c1-11(15-8-13(22)5-6-14(15)21(29)30)31-17-7-12(9-26-19(17)23)18-16(10-24-2)27-28(4)20(18)25-3/h5-9,11,24H,10H2,1-2,4H3,(H2,23,26)(H,29,30)/i2D3,4D3. The van der Waals surface area contributed by atoms with Crippen LogP contribution in [-0.4, -0.2) is 32.8 Å². The van der Waals surface area contributed by atoms with Gasteiger partial charge < -0.3 is 25.7 Å². The van der Waals surface area contributed by atoms with Gasteiger partial charge in [-0.25, -0.2) is 18.9 Å². The third-order valence-electron chi connectivity index (χ3n) is 4.45. The van der Waals surface area contributed by atoms with E-state index < -0.39 is 44.2 Å². The van der Waals surface area contributed by atoms with E-state index in [-0.39, 0.29) is 39.5 Å². The van der Waals surface area contributed by atoms with Crippen molar-refractivity contribution < 1.29 is 27.3 Å². The fraction of sp³-hybridized carbons (Fsp3) is 0.238. The SMILES string of the molecule is [2H]C([2H])([2H])NCc1nn(C([2H])([2H])[2H])c([N+]#[C-])c1-c1cnc(N)c(OC(C)c2cc(F)ccc2C(=O)O)c1. The average molecular weight is 430 g/mol. The van der Waals surface area contributed by atoms with Crippen molar-refractivity contribution in [1.29, 1.82) is 0 Å². The van der Waals surface area contributed by atoms with E-state index in [1.54, 1.807) is 0 Å². The van der Waals surface area contributed by atoms with Crippen molar-refractivity contribution in [2.45, 2.75) is 19.6 Å². The van der Waals surface area contributed by atoms with Gasteiger partial charge in [-0.15, -0.1) is 5.10 Å². The molecule has 1 atom stereocenters. The number of carboxylic acids is 1. The van der Waals surface area contributed by atoms with Crippen molar-refractivity contribution >= 4 is 17.6 Å². The van der Waals surface area contributed by atoms with Crippen LogP contribution in [0.5, 0.6) is 5.75 Å². The summed E-state index contributed by atoms with van der Waals surface area (Å²) in [6.45, 7) is 3.19. The van der Waals surface area contributed by atoms with Crippen LogP contribution in [0.25, 0.3) is 16.0 Å². The number of nitrogens with two attached hydrogens (primary N) is 1. The zero-order valence-electron chi connectivity index (χ0n) is 22.2. The van der Waals surface area contributed by atoms with Crippen LogP contribution in [0.2, 0.25) is 0 Å². The van der Waals surface area contributed by atoms with E-state index in [0.717, 1.165) is 18.2 Å². The molecule has 0 aliphatic heterocycles. The maximum Gasteiger partial charge on any atom is 0.336 e. The van der Waals surface area contributed by atoms with Gasteiger partial charge >= 0.3 is 5.97 Å². The van der Waals surface area contributed by atoms with Gasteiger partial charge in [0.05, 0.1) is 22.3 Å². The highest BCUT2D eigenvalue weighted by Gasteiger charge is 2.22. The first-order valence-corrected chi connectivity index (χ1v) is 8.82. The number of aromatic nitrogens is 3. The second kappa shape index (κ2) is 8.81. The van der Waals surface area contributed by atoms with Gasteiger partial charge in [0, 0.05) is 28.0 Å². The lowest BCUT2D eigenvalue weighted by Gasteiger charge is -2.18. The summed E-state index contributed by atoms with van der Waals surface area (Å²) in [5, 5.41) is 15.6. The fourth-order valence-corrected chi connectivity index (χ4v) is 3.06. The first-order chi connectivity index (χ1) is 17.1. The van der Waals surface area contributed by atoms with Gasteiger partial charge in [-0.3, -0.25) is 0 Å². The Balaban J connectivity index is 2.11. The molecule has 0 saturated heterocycles. The molecule has 4 N–H and O–H groups in total. The molecular formula is C21H21FN6O3. The van der Waals surface area contributed by atoms with Crippen LogP contribution in [0.3, 0.4) is 0 Å². The Morgan fingerprint density at radius 3 is 3.00 bits per heavy atom. The fourth-order valence-electron chi connectivity index (χ4n) is 3.06. The van der Waals surface area contributed by atoms with E-state index in [0.29, 0.717) is 4.68 Å². The molecule has 3 aromatic rings. The molecule has 0 amide bonds. The quantitative estimate of drug-likeness (QED) is 0.492. The van der Waals surface area contributed by atoms with E-state index in [1.807, 2.05) is 0 Å². The molecule has 0 spiro atoms. The first-order valence-electron chi connectivity index (χ1n) is 11.8. The van der Waals surface area contributed by atoms with Crippen LogP contribution in [0.1, 0.15) is 42.9 Å². The van der Waals surface area contributed by atoms with E-state index in [9.17, 15) is 14.3 Å². The molecule has 0 aliphatic carbocycles. The Kier molecular flexibility index (Phi) is 4.24. The number of aryl methyl sites for hydroxylation is 1. The minimum Gasteiger partial charge on any atom is -0.482 e. The number of carbonyl (C=O) groups is 1. The lowest BCUT2D eigenvalue weighted by molar-refractivity contribution is 0.0691. The van der Waals surface area contributed by atoms with E-state index in [2.05, 4.69) is 20.2 Å². The van der Waals surface area contributed by atoms with Gasteiger partial charge in [-0.1, -0.05) is 6.57 Å². The number of benzene rings is 1. The average Bonchev–Trinajstić information content (AvgIpc) is 3.17. The van der Waals surface area contributed by atoms with Gasteiger partial charge in [-0.05, 0) is 43.7 Å². The molecule has 2 aromatic heterocycles. The largest absolute Gasteiger partial charge is 0.482 e. The van der Waals surface area contributed by atoms with E-state index in [4.69, 9.17) is 25.3 Å². The highest BCUT2D eigenvalue weighted by molar-refractivity contribution is 5.89. The van der Waals surface area contributed by atoms with Crippen molar-refractivity contribution in [3.8, 4) is 16.9 Å². The number of nitrogen functional groups attached to an aromatic ring is 1. The lowest BCUT2D eigenvalue weighted by atomic mass is 10.0. The van der Waals surface area contributed by atoms with E-state index >= 15 is 0 Å². The zero-order valence-corrected chi connectivity index (χ0v) is 16.2. The number of anilines is 1. The Bertz CT molecular complexity index is 1380. The summed E-state index contributed by atoms with van der Waals surface area (Å²) in [6, 6.07) is 4.43. The monoisotopic (exact) mass is 430 g/mol. The minimum absolute atomic E-state index is 0.00939. The molecule has 31 heavy (non-hydrogen) atoms. The molecule has 0 radical (unpaired) electrons. The van der Waals surface area contributed by atoms with Gasteiger partial charge in [0.1, 0.15) is 11.9 Å². The van der Waals surface area contributed by atoms with Crippen LogP contribution in [0.4, 0.5) is 16.0 Å². The Morgan fingerprint density at radius 2 is 2.32 bits per heavy atom. The topological polar surface area (TPSA) is 120 Å². The van der Waals surface area contributed by atoms with Gasteiger partial charge in [0.2, 0.25) is 0 Å². The first kappa shape index (κ1) is 14.9. The molecule has 0 bridgehead atoms. The summed E-state index contributed by atoms with van der Waals surface area (Å²) in [4.78, 5) is 18.9. The van der Waals surface area contributed by atoms with Crippen LogP contribution < -0.4 is 15.8 Å². The third-order valence-corrected chi connectivity index (χ3v) is 4.45. The van der Waals surface area contributed by atoms with Gasteiger partial charge in [-0.2, -0.15) is 0 Å². The molecule has 1 unspecified atom stereocenters. The summed E-state index contributed by atoms with van der Waals surface area (Å²) in [5.74, 6) is -2.57. The number of hydrogen-bond acceptors (Lipinski definition) is 6. The number of aromatic carboxylic acids is 1. The summed E-state index contributed by atoms with van der Waals surface area (Å²) in [7, 11) is 0. The molecule has 1 aromatic carbocycles. The molecule has 9 nitrogen and oxygen atoms in total. The number of halogens is 1. The predicted molar refractivity (Wildman–Crippen MR) is 112 cm³/mol. The zero-order chi connectivity index (χ0) is 27.7. The number of ether oxygens (including phenoxy) is 1. The van der Waals surface area contributed by atoms with Crippen molar-refractivity contribution in [2.75, 3.05) is 12.7 Å². The predicted octanol–water partition coefficient (Wildman–Crippen LogP) is 3.31. The Hall–Kier alpha value is -3.97. The molecule has 10 heteroatoms. The maximum atomic E-state index is 13.8. The number of pyridine rings is 1. The van der Waals surface area contributed by atoms with Crippen LogP contribution in [0.15, 0.2) is 30.5 Å². The molecule has 0 fully saturated rings. The second-order valence-electron chi connectivity index (χ2n) is 6.43. The van der Waals surface area contributed by atoms with Crippen LogP contribution in [0, 0.1) is 12.4 Å². The highest BCUT2D eigenvalue weighted by atomic mass is 19.1. The number of nitrogens with one attached hydrogen (secondary N) is 1. The lowest BCUT2D eigenvalue weighted by Crippen LogP contribution is -2.12.